The highest BCUT2D eigenvalue weighted by molar-refractivity contribution is 5.95. The predicted molar refractivity (Wildman–Crippen MR) is 222 cm³/mol. The lowest BCUT2D eigenvalue weighted by Gasteiger charge is -2.64. The number of methoxy groups -OCH3 is 3. The van der Waals surface area contributed by atoms with E-state index in [-0.39, 0.29) is 12.0 Å². The molecule has 1 aromatic heterocycles. The Morgan fingerprint density at radius 2 is 1.81 bits per heavy atom. The van der Waals surface area contributed by atoms with E-state index < -0.39 is 51.9 Å². The van der Waals surface area contributed by atoms with Crippen molar-refractivity contribution in [2.24, 2.45) is 11.3 Å². The van der Waals surface area contributed by atoms with Crippen molar-refractivity contribution >= 4 is 34.5 Å². The molecule has 1 saturated heterocycles. The van der Waals surface area contributed by atoms with Gasteiger partial charge in [0, 0.05) is 96.5 Å². The van der Waals surface area contributed by atoms with Gasteiger partial charge in [-0.05, 0) is 79.6 Å². The molecule has 2 aromatic carbocycles. The number of nitrogens with one attached hydrogen (secondary N) is 1. The fourth-order valence-corrected chi connectivity index (χ4v) is 13.0. The topological polar surface area (TPSA) is 134 Å². The second-order valence-corrected chi connectivity index (χ2v) is 17.6. The molecule has 12 heteroatoms. The van der Waals surface area contributed by atoms with Crippen LogP contribution in [0.4, 0.5) is 5.69 Å². The Balaban J connectivity index is 1.38. The smallest absolute Gasteiger partial charge is 0.344 e. The molecule has 1 unspecified atom stereocenters. The van der Waals surface area contributed by atoms with Crippen LogP contribution in [0, 0.1) is 23.7 Å². The number of allylic oxidation sites excluding steroid dienone is 1. The third-order valence-corrected chi connectivity index (χ3v) is 15.1. The van der Waals surface area contributed by atoms with Crippen LogP contribution >= 0.6 is 0 Å². The number of aromatic nitrogens is 1. The number of hydrogen-bond donors (Lipinski definition) is 2. The van der Waals surface area contributed by atoms with Gasteiger partial charge in [0.15, 0.2) is 6.10 Å². The summed E-state index contributed by atoms with van der Waals surface area (Å²) in [7, 11) is 6.18. The minimum absolute atomic E-state index is 0.00745. The van der Waals surface area contributed by atoms with Crippen molar-refractivity contribution in [2.45, 2.75) is 94.0 Å². The number of carbonyl (C=O) groups excluding carboxylic acids is 3. The Kier molecular flexibility index (Phi) is 9.07. The largest absolute Gasteiger partial charge is 0.496 e. The van der Waals surface area contributed by atoms with Gasteiger partial charge >= 0.3 is 17.9 Å². The molecule has 2 bridgehead atoms. The van der Waals surface area contributed by atoms with E-state index in [9.17, 15) is 14.7 Å². The van der Waals surface area contributed by atoms with Crippen LogP contribution in [0.2, 0.25) is 0 Å². The summed E-state index contributed by atoms with van der Waals surface area (Å²) in [5.74, 6) is 1.39. The molecule has 3 aromatic rings. The maximum Gasteiger partial charge on any atom is 0.344 e. The number of benzene rings is 2. The number of esters is 3. The number of anilines is 1. The maximum absolute atomic E-state index is 15.3. The third kappa shape index (κ3) is 5.01. The molecule has 0 radical (unpaired) electrons. The highest BCUT2D eigenvalue weighted by atomic mass is 16.6. The quantitative estimate of drug-likeness (QED) is 0.144. The average molecular weight is 803 g/mol. The SMILES string of the molecule is C#Cc1ccc2[nH]c3c(c2c1)CN1CC(CC)=C[C@@H](C1)C[C@]3(C(=O)OC)c1cc2c(cc1OC)N(C)[C@H]1[C@@](O)(C(=O)OC)[C@H](OC(C)=O)[C@]3(CC)CC=CN4CC[C@]21[C@@H]43. The van der Waals surface area contributed by atoms with Crippen molar-refractivity contribution in [1.82, 2.24) is 14.8 Å². The van der Waals surface area contributed by atoms with Crippen LogP contribution in [0.1, 0.15) is 80.8 Å². The number of nitrogens with zero attached hydrogens (tertiary/aromatic N) is 3. The first-order valence-corrected chi connectivity index (χ1v) is 20.8. The van der Waals surface area contributed by atoms with E-state index in [1.165, 1.54) is 26.7 Å². The van der Waals surface area contributed by atoms with Crippen LogP contribution in [0.25, 0.3) is 10.9 Å². The average Bonchev–Trinajstić information content (AvgIpc) is 3.89. The number of hydrogen-bond acceptors (Lipinski definition) is 11. The molecular weight excluding hydrogens is 749 g/mol. The van der Waals surface area contributed by atoms with Gasteiger partial charge in [-0.2, -0.15) is 0 Å². The van der Waals surface area contributed by atoms with Gasteiger partial charge in [0.05, 0.1) is 27.4 Å². The Morgan fingerprint density at radius 3 is 2.49 bits per heavy atom. The summed E-state index contributed by atoms with van der Waals surface area (Å²) in [4.78, 5) is 53.1. The van der Waals surface area contributed by atoms with Crippen molar-refractivity contribution in [3.8, 4) is 18.1 Å². The van der Waals surface area contributed by atoms with Crippen LogP contribution in [-0.2, 0) is 46.0 Å². The molecule has 310 valence electrons. The second-order valence-electron chi connectivity index (χ2n) is 17.6. The van der Waals surface area contributed by atoms with E-state index in [2.05, 4.69) is 52.0 Å². The minimum atomic E-state index is -2.28. The van der Waals surface area contributed by atoms with Gasteiger partial charge in [-0.25, -0.2) is 4.79 Å². The highest BCUT2D eigenvalue weighted by Crippen LogP contribution is 2.69. The molecule has 6 aliphatic rings. The van der Waals surface area contributed by atoms with E-state index in [1.54, 1.807) is 7.11 Å². The molecular formula is C47H54N4O8. The summed E-state index contributed by atoms with van der Waals surface area (Å²) in [5, 5.41) is 14.3. The lowest BCUT2D eigenvalue weighted by molar-refractivity contribution is -0.235. The number of fused-ring (bicyclic) bond motifs is 6. The van der Waals surface area contributed by atoms with Crippen molar-refractivity contribution in [2.75, 3.05) is 52.9 Å². The van der Waals surface area contributed by atoms with Crippen LogP contribution in [0.15, 0.2) is 54.3 Å². The van der Waals surface area contributed by atoms with Crippen molar-refractivity contribution < 1.29 is 38.4 Å². The molecule has 2 N–H and O–H groups in total. The zero-order chi connectivity index (χ0) is 41.8. The van der Waals surface area contributed by atoms with E-state index in [0.29, 0.717) is 50.1 Å². The van der Waals surface area contributed by atoms with Gasteiger partial charge in [-0.15, -0.1) is 6.42 Å². The van der Waals surface area contributed by atoms with Gasteiger partial charge < -0.3 is 38.8 Å². The number of ether oxygens (including phenoxy) is 4. The highest BCUT2D eigenvalue weighted by Gasteiger charge is 2.80. The van der Waals surface area contributed by atoms with Crippen molar-refractivity contribution in [3.05, 3.63) is 82.2 Å². The molecule has 12 nitrogen and oxygen atoms in total. The first kappa shape index (κ1) is 39.2. The second kappa shape index (κ2) is 13.6. The summed E-state index contributed by atoms with van der Waals surface area (Å²) in [6, 6.07) is 8.77. The van der Waals surface area contributed by atoms with Gasteiger partial charge in [-0.1, -0.05) is 37.5 Å². The monoisotopic (exact) mass is 802 g/mol. The van der Waals surface area contributed by atoms with E-state index in [1.807, 2.05) is 43.1 Å². The van der Waals surface area contributed by atoms with Crippen LogP contribution in [0.5, 0.6) is 5.75 Å². The molecule has 2 fully saturated rings. The van der Waals surface area contributed by atoms with E-state index in [0.717, 1.165) is 58.5 Å². The Labute approximate surface area is 345 Å². The molecule has 0 amide bonds. The lowest BCUT2D eigenvalue weighted by atomic mass is 9.47. The van der Waals surface area contributed by atoms with Crippen molar-refractivity contribution in [1.29, 1.82) is 0 Å². The van der Waals surface area contributed by atoms with Gasteiger partial charge in [0.2, 0.25) is 5.60 Å². The molecule has 59 heavy (non-hydrogen) atoms. The number of rotatable bonds is 7. The Hall–Kier alpha value is -5.25. The summed E-state index contributed by atoms with van der Waals surface area (Å²) in [5.41, 5.74) is 1.46. The van der Waals surface area contributed by atoms with Crippen LogP contribution < -0.4 is 9.64 Å². The summed E-state index contributed by atoms with van der Waals surface area (Å²) in [6.45, 7) is 8.32. The lowest BCUT2D eigenvalue weighted by Crippen LogP contribution is -2.81. The molecule has 9 atom stereocenters. The van der Waals surface area contributed by atoms with E-state index in [4.69, 9.17) is 25.4 Å². The maximum atomic E-state index is 15.3. The Bertz CT molecular complexity index is 2400. The molecule has 1 aliphatic carbocycles. The summed E-state index contributed by atoms with van der Waals surface area (Å²) >= 11 is 0. The van der Waals surface area contributed by atoms with Gasteiger partial charge in [0.25, 0.3) is 0 Å². The molecule has 6 heterocycles. The number of aliphatic hydroxyl groups is 1. The fraction of sp³-hybridized carbons (Fsp3) is 0.511. The number of aromatic amines is 1. The molecule has 5 aliphatic heterocycles. The normalized spacial score (nSPS) is 33.7. The number of likely N-dealkylation sites (N-methyl/N-ethyl adjacent to an activating group) is 1. The number of H-pyrrole nitrogens is 1. The van der Waals surface area contributed by atoms with Gasteiger partial charge in [0.1, 0.15) is 11.2 Å². The molecule has 1 saturated carbocycles. The minimum Gasteiger partial charge on any atom is -0.496 e. The van der Waals surface area contributed by atoms with Crippen molar-refractivity contribution in [3.63, 3.8) is 0 Å². The van der Waals surface area contributed by atoms with E-state index >= 15 is 4.79 Å². The zero-order valence-electron chi connectivity index (χ0n) is 35.0. The van der Waals surface area contributed by atoms with Crippen LogP contribution in [0.3, 0.4) is 0 Å². The Morgan fingerprint density at radius 1 is 1.03 bits per heavy atom. The fourth-order valence-electron chi connectivity index (χ4n) is 13.0. The zero-order valence-corrected chi connectivity index (χ0v) is 35.0. The van der Waals surface area contributed by atoms with Gasteiger partial charge in [-0.3, -0.25) is 14.5 Å². The third-order valence-electron chi connectivity index (χ3n) is 15.1. The summed E-state index contributed by atoms with van der Waals surface area (Å²) < 4.78 is 23.9. The molecule has 1 spiro atoms. The number of terminal acetylenes is 1. The van der Waals surface area contributed by atoms with Crippen LogP contribution in [-0.4, -0.2) is 110 Å². The standard InChI is InChI=1S/C47H54N4O8/c1-9-28-13-14-35-31(20-28)32-26-50-24-29(10-2)19-30(25-50)23-46(38(32)48-35,42(53)57-7)34-21-33-36(22-37(34)56-6)49(5)40-45(33)16-18-51-17-12-15-44(11-3,39(45)51)41(59-27(4)52)47(40,55)43(54)58-8/h1,12-14,17,19-22,30,39-41,48,55H,10-11,15-16,18,23-26H2,2-8H3/t30-,39+,40-,41-,44-,45-,46+,47+/m1/s1. The number of carbonyl (C=O) groups is 3. The summed E-state index contributed by atoms with van der Waals surface area (Å²) in [6.07, 6.45) is 14.1. The first-order valence-electron chi connectivity index (χ1n) is 20.8. The predicted octanol–water partition coefficient (Wildman–Crippen LogP) is 5.08. The molecule has 9 rings (SSSR count). The first-order chi connectivity index (χ1) is 28.3.